The van der Waals surface area contributed by atoms with Crippen LogP contribution in [0.2, 0.25) is 0 Å². The molecule has 3 rings (SSSR count). The Kier molecular flexibility index (Phi) is 3.68. The first-order chi connectivity index (χ1) is 10.1. The molecule has 0 aromatic carbocycles. The summed E-state index contributed by atoms with van der Waals surface area (Å²) in [4.78, 5) is 20.2. The molecule has 1 atom stereocenters. The molecule has 1 N–H and O–H groups in total. The predicted molar refractivity (Wildman–Crippen MR) is 70.4 cm³/mol. The molecular formula is C13H17N5O3. The predicted octanol–water partition coefficient (Wildman–Crippen LogP) is 1.91. The quantitative estimate of drug-likeness (QED) is 0.916. The second-order valence-corrected chi connectivity index (χ2v) is 5.30. The Labute approximate surface area is 121 Å². The zero-order valence-corrected chi connectivity index (χ0v) is 12.0. The van der Waals surface area contributed by atoms with Crippen LogP contribution in [0.25, 0.3) is 0 Å². The maximum atomic E-state index is 11.9. The molecule has 0 radical (unpaired) electrons. The molecule has 1 aliphatic carbocycles. The van der Waals surface area contributed by atoms with Gasteiger partial charge in [0.2, 0.25) is 11.8 Å². The van der Waals surface area contributed by atoms with Crippen molar-refractivity contribution >= 4 is 5.91 Å². The third kappa shape index (κ3) is 2.93. The van der Waals surface area contributed by atoms with E-state index in [-0.39, 0.29) is 5.82 Å². The van der Waals surface area contributed by atoms with Crippen molar-refractivity contribution in [1.29, 1.82) is 0 Å². The molecule has 1 fully saturated rings. The van der Waals surface area contributed by atoms with Crippen LogP contribution in [0.1, 0.15) is 72.8 Å². The summed E-state index contributed by atoms with van der Waals surface area (Å²) in [6, 6.07) is -0.404. The minimum absolute atomic E-state index is 0.00474. The minimum Gasteiger partial charge on any atom is -0.339 e. The number of rotatable bonds is 4. The van der Waals surface area contributed by atoms with Gasteiger partial charge in [-0.15, -0.1) is 0 Å². The number of aryl methyl sites for hydroxylation is 1. The molecule has 1 amide bonds. The van der Waals surface area contributed by atoms with E-state index >= 15 is 0 Å². The number of carbonyl (C=O) groups excluding carboxylic acids is 1. The lowest BCUT2D eigenvalue weighted by Gasteiger charge is -2.07. The first kappa shape index (κ1) is 13.7. The fraction of sp³-hybridized carbons (Fsp3) is 0.615. The van der Waals surface area contributed by atoms with Crippen LogP contribution in [0, 0.1) is 6.92 Å². The molecular weight excluding hydrogens is 274 g/mol. The topological polar surface area (TPSA) is 107 Å². The lowest BCUT2D eigenvalue weighted by molar-refractivity contribution is 0.0919. The van der Waals surface area contributed by atoms with Gasteiger partial charge in [0.1, 0.15) is 6.04 Å². The first-order valence-electron chi connectivity index (χ1n) is 7.08. The summed E-state index contributed by atoms with van der Waals surface area (Å²) in [5.74, 6) is 1.42. The third-order valence-corrected chi connectivity index (χ3v) is 3.63. The van der Waals surface area contributed by atoms with Crippen LogP contribution in [0.4, 0.5) is 0 Å². The van der Waals surface area contributed by atoms with Crippen molar-refractivity contribution in [2.24, 2.45) is 0 Å². The van der Waals surface area contributed by atoms with E-state index in [1.54, 1.807) is 13.8 Å². The Balaban J connectivity index is 1.65. The van der Waals surface area contributed by atoms with E-state index < -0.39 is 11.9 Å². The molecule has 1 saturated carbocycles. The Bertz CT molecular complexity index is 629. The summed E-state index contributed by atoms with van der Waals surface area (Å²) in [7, 11) is 0. The van der Waals surface area contributed by atoms with Crippen molar-refractivity contribution in [1.82, 2.24) is 25.6 Å². The maximum Gasteiger partial charge on any atom is 0.293 e. The standard InChI is InChI=1S/C13H17N5O3/c1-7(14-12(19)11-15-8(2)20-18-11)13-16-10(17-21-13)9-5-3-4-6-9/h7,9H,3-6H2,1-2H3,(H,14,19). The van der Waals surface area contributed by atoms with Gasteiger partial charge in [0.15, 0.2) is 5.82 Å². The molecule has 112 valence electrons. The highest BCUT2D eigenvalue weighted by Gasteiger charge is 2.25. The molecule has 0 aliphatic heterocycles. The summed E-state index contributed by atoms with van der Waals surface area (Å²) in [6.07, 6.45) is 4.61. The summed E-state index contributed by atoms with van der Waals surface area (Å²) >= 11 is 0. The zero-order valence-electron chi connectivity index (χ0n) is 12.0. The van der Waals surface area contributed by atoms with E-state index in [0.717, 1.165) is 18.7 Å². The van der Waals surface area contributed by atoms with Crippen LogP contribution in [0.5, 0.6) is 0 Å². The van der Waals surface area contributed by atoms with E-state index in [4.69, 9.17) is 9.05 Å². The second-order valence-electron chi connectivity index (χ2n) is 5.30. The molecule has 8 nitrogen and oxygen atoms in total. The monoisotopic (exact) mass is 291 g/mol. The van der Waals surface area contributed by atoms with E-state index in [9.17, 15) is 4.79 Å². The van der Waals surface area contributed by atoms with E-state index in [2.05, 4.69) is 25.6 Å². The summed E-state index contributed by atoms with van der Waals surface area (Å²) in [5.41, 5.74) is 0. The number of carbonyl (C=O) groups is 1. The second kappa shape index (κ2) is 5.63. The van der Waals surface area contributed by atoms with Gasteiger partial charge in [-0.3, -0.25) is 4.79 Å². The van der Waals surface area contributed by atoms with E-state index in [1.165, 1.54) is 12.8 Å². The van der Waals surface area contributed by atoms with Gasteiger partial charge in [0, 0.05) is 12.8 Å². The average Bonchev–Trinajstić information content (AvgIpc) is 3.19. The highest BCUT2D eigenvalue weighted by atomic mass is 16.5. The highest BCUT2D eigenvalue weighted by Crippen LogP contribution is 2.32. The van der Waals surface area contributed by atoms with Gasteiger partial charge in [-0.1, -0.05) is 23.2 Å². The molecule has 0 bridgehead atoms. The van der Waals surface area contributed by atoms with Gasteiger partial charge in [-0.25, -0.2) is 0 Å². The number of hydrogen-bond donors (Lipinski definition) is 1. The van der Waals surface area contributed by atoms with Gasteiger partial charge in [-0.05, 0) is 19.8 Å². The average molecular weight is 291 g/mol. The van der Waals surface area contributed by atoms with Gasteiger partial charge < -0.3 is 14.4 Å². The van der Waals surface area contributed by atoms with E-state index in [1.807, 2.05) is 0 Å². The van der Waals surface area contributed by atoms with Crippen molar-refractivity contribution in [3.63, 3.8) is 0 Å². The molecule has 8 heteroatoms. The van der Waals surface area contributed by atoms with Gasteiger partial charge in [-0.2, -0.15) is 9.97 Å². The summed E-state index contributed by atoms with van der Waals surface area (Å²) in [6.45, 7) is 3.40. The van der Waals surface area contributed by atoms with Crippen molar-refractivity contribution in [3.05, 3.63) is 23.4 Å². The number of nitrogens with zero attached hydrogens (tertiary/aromatic N) is 4. The van der Waals surface area contributed by atoms with Crippen LogP contribution in [-0.4, -0.2) is 26.2 Å². The minimum atomic E-state index is -0.431. The number of aromatic nitrogens is 4. The van der Waals surface area contributed by atoms with Crippen LogP contribution in [0.15, 0.2) is 9.05 Å². The van der Waals surface area contributed by atoms with Crippen molar-refractivity contribution in [2.75, 3.05) is 0 Å². The third-order valence-electron chi connectivity index (χ3n) is 3.63. The van der Waals surface area contributed by atoms with Crippen LogP contribution in [-0.2, 0) is 0 Å². The molecule has 0 saturated heterocycles. The smallest absolute Gasteiger partial charge is 0.293 e. The van der Waals surface area contributed by atoms with Gasteiger partial charge in [0.25, 0.3) is 11.7 Å². The lowest BCUT2D eigenvalue weighted by Crippen LogP contribution is -2.27. The molecule has 2 aromatic heterocycles. The Morgan fingerprint density at radius 3 is 2.67 bits per heavy atom. The summed E-state index contributed by atoms with van der Waals surface area (Å²) in [5, 5.41) is 10.3. The van der Waals surface area contributed by atoms with Crippen LogP contribution in [0.3, 0.4) is 0 Å². The fourth-order valence-electron chi connectivity index (χ4n) is 2.49. The van der Waals surface area contributed by atoms with Gasteiger partial charge >= 0.3 is 0 Å². The molecule has 2 heterocycles. The normalized spacial score (nSPS) is 17.0. The van der Waals surface area contributed by atoms with Crippen molar-refractivity contribution in [3.8, 4) is 0 Å². The molecule has 2 aromatic rings. The fourth-order valence-corrected chi connectivity index (χ4v) is 2.49. The Hall–Kier alpha value is -2.25. The van der Waals surface area contributed by atoms with Gasteiger partial charge in [0.05, 0.1) is 0 Å². The van der Waals surface area contributed by atoms with Crippen molar-refractivity contribution < 1.29 is 13.8 Å². The lowest BCUT2D eigenvalue weighted by atomic mass is 10.1. The summed E-state index contributed by atoms with van der Waals surface area (Å²) < 4.78 is 10.0. The zero-order chi connectivity index (χ0) is 14.8. The number of amides is 1. The number of nitrogens with one attached hydrogen (secondary N) is 1. The molecule has 21 heavy (non-hydrogen) atoms. The van der Waals surface area contributed by atoms with Crippen LogP contribution < -0.4 is 5.32 Å². The van der Waals surface area contributed by atoms with Crippen LogP contribution >= 0.6 is 0 Å². The maximum absolute atomic E-state index is 11.9. The SMILES string of the molecule is Cc1nc(C(=O)NC(C)c2nc(C3CCCC3)no2)no1. The Morgan fingerprint density at radius 1 is 1.24 bits per heavy atom. The molecule has 0 spiro atoms. The number of hydrogen-bond acceptors (Lipinski definition) is 7. The Morgan fingerprint density at radius 2 is 2.00 bits per heavy atom. The van der Waals surface area contributed by atoms with Crippen molar-refractivity contribution in [2.45, 2.75) is 51.5 Å². The molecule has 1 aliphatic rings. The highest BCUT2D eigenvalue weighted by molar-refractivity contribution is 5.90. The van der Waals surface area contributed by atoms with E-state index in [0.29, 0.717) is 17.7 Å². The first-order valence-corrected chi connectivity index (χ1v) is 7.08. The molecule has 1 unspecified atom stereocenters. The largest absolute Gasteiger partial charge is 0.339 e.